The normalized spacial score (nSPS) is 20.9. The minimum absolute atomic E-state index is 0.175. The van der Waals surface area contributed by atoms with Crippen LogP contribution in [0.3, 0.4) is 0 Å². The van der Waals surface area contributed by atoms with E-state index in [4.69, 9.17) is 14.2 Å². The largest absolute Gasteiger partial charge is 0.463 e. The van der Waals surface area contributed by atoms with E-state index in [1.807, 2.05) is 0 Å². The third kappa shape index (κ3) is 5.40. The molecule has 194 valence electrons. The molecule has 0 spiro atoms. The maximum Gasteiger partial charge on any atom is 0.303 e. The van der Waals surface area contributed by atoms with Gasteiger partial charge in [0.1, 0.15) is 25.1 Å². The number of esters is 2. The number of anilines is 1. The van der Waals surface area contributed by atoms with Crippen molar-refractivity contribution in [2.45, 2.75) is 45.2 Å². The van der Waals surface area contributed by atoms with E-state index in [2.05, 4.69) is 20.3 Å². The van der Waals surface area contributed by atoms with Gasteiger partial charge in [-0.2, -0.15) is 0 Å². The Kier molecular flexibility index (Phi) is 7.43. The summed E-state index contributed by atoms with van der Waals surface area (Å²) in [7, 11) is 1.54. The number of imidazole rings is 1. The Hall–Kier alpha value is -4.39. The fourth-order valence-electron chi connectivity index (χ4n) is 4.18. The lowest BCUT2D eigenvalue weighted by atomic mass is 10.1. The van der Waals surface area contributed by atoms with E-state index in [0.29, 0.717) is 5.56 Å². The molecule has 4 rings (SSSR count). The molecular formula is C24H26N6O7. The Morgan fingerprint density at radius 1 is 1.05 bits per heavy atom. The van der Waals surface area contributed by atoms with Crippen LogP contribution >= 0.6 is 0 Å². The zero-order valence-corrected chi connectivity index (χ0v) is 20.7. The van der Waals surface area contributed by atoms with Gasteiger partial charge in [0.2, 0.25) is 5.91 Å². The van der Waals surface area contributed by atoms with Crippen LogP contribution in [0.15, 0.2) is 43.0 Å². The number of carbonyl (C=O) groups excluding carboxylic acids is 4. The van der Waals surface area contributed by atoms with Gasteiger partial charge < -0.3 is 24.4 Å². The fraction of sp³-hybridized carbons (Fsp3) is 0.375. The molecule has 13 heteroatoms. The Balaban J connectivity index is 1.71. The van der Waals surface area contributed by atoms with Gasteiger partial charge in [-0.15, -0.1) is 0 Å². The molecule has 1 saturated heterocycles. The van der Waals surface area contributed by atoms with Crippen molar-refractivity contribution in [1.29, 1.82) is 0 Å². The Labute approximate surface area is 211 Å². The zero-order chi connectivity index (χ0) is 26.7. The van der Waals surface area contributed by atoms with Crippen LogP contribution in [0, 0.1) is 0 Å². The lowest BCUT2D eigenvalue weighted by Crippen LogP contribution is -2.50. The summed E-state index contributed by atoms with van der Waals surface area (Å²) in [5, 5.41) is 2.73. The molecule has 1 aliphatic heterocycles. The van der Waals surface area contributed by atoms with Crippen LogP contribution in [0.25, 0.3) is 11.2 Å². The maximum atomic E-state index is 12.7. The molecule has 2 aromatic heterocycles. The van der Waals surface area contributed by atoms with E-state index in [-0.39, 0.29) is 35.4 Å². The van der Waals surface area contributed by atoms with Gasteiger partial charge >= 0.3 is 11.9 Å². The second-order valence-corrected chi connectivity index (χ2v) is 8.43. The average molecular weight is 511 g/mol. The van der Waals surface area contributed by atoms with Crippen molar-refractivity contribution < 1.29 is 33.4 Å². The smallest absolute Gasteiger partial charge is 0.303 e. The number of carbonyl (C=O) groups is 4. The first-order chi connectivity index (χ1) is 17.7. The molecule has 37 heavy (non-hydrogen) atoms. The molecule has 1 fully saturated rings. The predicted molar refractivity (Wildman–Crippen MR) is 128 cm³/mol. The number of ether oxygens (including phenoxy) is 3. The van der Waals surface area contributed by atoms with Gasteiger partial charge in [-0.05, 0) is 12.1 Å². The Morgan fingerprint density at radius 2 is 1.78 bits per heavy atom. The SMILES string of the molecule is CC(=O)OC[C@H]1O[C@H](n2cnc3c(NC(=O)c4ccccc4)ncnc32)[C@H](OC(C)=O)[C@@H]1N(C)C(C)=O. The van der Waals surface area contributed by atoms with Crippen LogP contribution in [-0.2, 0) is 28.6 Å². The monoisotopic (exact) mass is 510 g/mol. The molecule has 13 nitrogen and oxygen atoms in total. The number of nitrogens with zero attached hydrogens (tertiary/aromatic N) is 5. The van der Waals surface area contributed by atoms with Crippen LogP contribution in [0.4, 0.5) is 5.82 Å². The number of likely N-dealkylation sites (N-methyl/N-ethyl adjacent to an activating group) is 1. The Morgan fingerprint density at radius 3 is 2.43 bits per heavy atom. The highest BCUT2D eigenvalue weighted by Crippen LogP contribution is 2.37. The molecule has 0 radical (unpaired) electrons. The number of hydrogen-bond donors (Lipinski definition) is 1. The second kappa shape index (κ2) is 10.7. The molecule has 1 N–H and O–H groups in total. The number of hydrogen-bond acceptors (Lipinski definition) is 10. The summed E-state index contributed by atoms with van der Waals surface area (Å²) < 4.78 is 18.5. The summed E-state index contributed by atoms with van der Waals surface area (Å²) in [6, 6.07) is 7.84. The quantitative estimate of drug-likeness (QED) is 0.460. The molecule has 2 amide bonds. The molecule has 1 aliphatic rings. The van der Waals surface area contributed by atoms with Gasteiger partial charge in [-0.1, -0.05) is 18.2 Å². The van der Waals surface area contributed by atoms with Gasteiger partial charge in [0.15, 0.2) is 29.3 Å². The zero-order valence-electron chi connectivity index (χ0n) is 20.7. The van der Waals surface area contributed by atoms with E-state index in [1.165, 1.54) is 42.9 Å². The van der Waals surface area contributed by atoms with Crippen molar-refractivity contribution in [3.05, 3.63) is 48.5 Å². The highest BCUT2D eigenvalue weighted by molar-refractivity contribution is 6.06. The van der Waals surface area contributed by atoms with Crippen LogP contribution in [0.1, 0.15) is 37.4 Å². The van der Waals surface area contributed by atoms with Crippen LogP contribution in [0.2, 0.25) is 0 Å². The summed E-state index contributed by atoms with van der Waals surface area (Å²) >= 11 is 0. The van der Waals surface area contributed by atoms with Gasteiger partial charge in [0, 0.05) is 33.4 Å². The Bertz CT molecular complexity index is 1330. The van der Waals surface area contributed by atoms with E-state index in [1.54, 1.807) is 37.4 Å². The van der Waals surface area contributed by atoms with Crippen LogP contribution in [0.5, 0.6) is 0 Å². The van der Waals surface area contributed by atoms with Crippen molar-refractivity contribution in [3.63, 3.8) is 0 Å². The molecule has 1 aromatic carbocycles. The topological polar surface area (TPSA) is 155 Å². The minimum Gasteiger partial charge on any atom is -0.463 e. The molecular weight excluding hydrogens is 484 g/mol. The van der Waals surface area contributed by atoms with Gasteiger partial charge in [-0.3, -0.25) is 23.7 Å². The van der Waals surface area contributed by atoms with Crippen LogP contribution < -0.4 is 5.32 Å². The van der Waals surface area contributed by atoms with E-state index in [9.17, 15) is 19.2 Å². The summed E-state index contributed by atoms with van der Waals surface area (Å²) in [6.45, 7) is 3.69. The van der Waals surface area contributed by atoms with E-state index >= 15 is 0 Å². The van der Waals surface area contributed by atoms with E-state index < -0.39 is 36.4 Å². The molecule has 0 bridgehead atoms. The summed E-state index contributed by atoms with van der Waals surface area (Å²) in [6.07, 6.45) is -0.108. The van der Waals surface area contributed by atoms with Crippen molar-refractivity contribution in [2.24, 2.45) is 0 Å². The summed E-state index contributed by atoms with van der Waals surface area (Å²) in [5.74, 6) is -1.63. The lowest BCUT2D eigenvalue weighted by molar-refractivity contribution is -0.155. The number of rotatable bonds is 7. The van der Waals surface area contributed by atoms with E-state index in [0.717, 1.165) is 0 Å². The first kappa shape index (κ1) is 25.7. The maximum absolute atomic E-state index is 12.7. The lowest BCUT2D eigenvalue weighted by Gasteiger charge is -2.31. The van der Waals surface area contributed by atoms with Gasteiger partial charge in [0.25, 0.3) is 5.91 Å². The van der Waals surface area contributed by atoms with Crippen molar-refractivity contribution in [2.75, 3.05) is 19.0 Å². The number of amides is 2. The molecule has 4 atom stereocenters. The third-order valence-electron chi connectivity index (χ3n) is 5.91. The highest BCUT2D eigenvalue weighted by atomic mass is 16.6. The number of fused-ring (bicyclic) bond motifs is 1. The number of benzene rings is 1. The first-order valence-corrected chi connectivity index (χ1v) is 11.4. The molecule has 0 aliphatic carbocycles. The third-order valence-corrected chi connectivity index (χ3v) is 5.91. The van der Waals surface area contributed by atoms with Gasteiger partial charge in [0.05, 0.1) is 6.33 Å². The highest BCUT2D eigenvalue weighted by Gasteiger charge is 2.51. The first-order valence-electron chi connectivity index (χ1n) is 11.4. The minimum atomic E-state index is -0.985. The second-order valence-electron chi connectivity index (χ2n) is 8.43. The standard InChI is InChI=1S/C24H26N6O7/c1-13(31)29(4)19-17(10-35-14(2)32)37-24(20(19)36-15(3)33)30-12-27-18-21(25-11-26-22(18)30)28-23(34)16-8-6-5-7-9-16/h5-9,11-12,17,19-20,24H,10H2,1-4H3,(H,25,26,28,34)/t17-,19-,20-,24+/m1/s1. The molecule has 0 unspecified atom stereocenters. The van der Waals surface area contributed by atoms with Crippen molar-refractivity contribution in [1.82, 2.24) is 24.4 Å². The van der Waals surface area contributed by atoms with Crippen molar-refractivity contribution in [3.8, 4) is 0 Å². The number of aromatic nitrogens is 4. The fourth-order valence-corrected chi connectivity index (χ4v) is 4.18. The summed E-state index contributed by atoms with van der Waals surface area (Å²) in [4.78, 5) is 62.6. The number of nitrogens with one attached hydrogen (secondary N) is 1. The van der Waals surface area contributed by atoms with Crippen molar-refractivity contribution >= 4 is 40.7 Å². The molecule has 3 heterocycles. The predicted octanol–water partition coefficient (Wildman–Crippen LogP) is 1.32. The summed E-state index contributed by atoms with van der Waals surface area (Å²) in [5.41, 5.74) is 1.00. The van der Waals surface area contributed by atoms with Crippen LogP contribution in [-0.4, -0.2) is 80.1 Å². The molecule has 0 saturated carbocycles. The molecule has 3 aromatic rings. The average Bonchev–Trinajstić information content (AvgIpc) is 3.44. The van der Waals surface area contributed by atoms with Gasteiger partial charge in [-0.25, -0.2) is 15.0 Å².